The normalized spacial score (nSPS) is 19.5. The van der Waals surface area contributed by atoms with E-state index in [0.717, 1.165) is 5.56 Å². The number of carbonyl (C=O) groups is 2. The van der Waals surface area contributed by atoms with Crippen LogP contribution in [0.4, 0.5) is 5.69 Å². The van der Waals surface area contributed by atoms with Gasteiger partial charge in [0.1, 0.15) is 6.07 Å². The van der Waals surface area contributed by atoms with E-state index >= 15 is 0 Å². The molecule has 0 aromatic heterocycles. The van der Waals surface area contributed by atoms with Crippen LogP contribution in [0.2, 0.25) is 10.0 Å². The van der Waals surface area contributed by atoms with E-state index < -0.39 is 5.92 Å². The number of rotatable bonds is 2. The fourth-order valence-corrected chi connectivity index (χ4v) is 4.63. The van der Waals surface area contributed by atoms with Gasteiger partial charge in [-0.2, -0.15) is 5.26 Å². The molecule has 1 aliphatic heterocycles. The summed E-state index contributed by atoms with van der Waals surface area (Å²) in [5.41, 5.74) is 2.98. The second-order valence-electron chi connectivity index (χ2n) is 6.92. The van der Waals surface area contributed by atoms with Crippen molar-refractivity contribution in [2.45, 2.75) is 31.6 Å². The molecule has 2 aromatic rings. The molecule has 0 spiro atoms. The van der Waals surface area contributed by atoms with E-state index in [2.05, 4.69) is 6.07 Å². The third kappa shape index (κ3) is 3.11. The van der Waals surface area contributed by atoms with Gasteiger partial charge in [-0.15, -0.1) is 0 Å². The summed E-state index contributed by atoms with van der Waals surface area (Å²) in [7, 11) is 0. The zero-order chi connectivity index (χ0) is 19.8. The Morgan fingerprint density at radius 1 is 1.07 bits per heavy atom. The van der Waals surface area contributed by atoms with Gasteiger partial charge < -0.3 is 0 Å². The lowest BCUT2D eigenvalue weighted by molar-refractivity contribution is -0.119. The molecule has 1 aliphatic carbocycles. The maximum absolute atomic E-state index is 13.2. The number of nitrogens with zero attached hydrogens (tertiary/aromatic N) is 2. The first-order valence-corrected chi connectivity index (χ1v) is 9.80. The zero-order valence-corrected chi connectivity index (χ0v) is 16.4. The van der Waals surface area contributed by atoms with E-state index in [1.54, 1.807) is 47.4 Å². The number of para-hydroxylation sites is 1. The predicted octanol–water partition coefficient (Wildman–Crippen LogP) is 5.39. The molecule has 2 aromatic carbocycles. The Morgan fingerprint density at radius 2 is 1.86 bits per heavy atom. The minimum absolute atomic E-state index is 0.0317. The van der Waals surface area contributed by atoms with Crippen LogP contribution < -0.4 is 4.90 Å². The highest BCUT2D eigenvalue weighted by Gasteiger charge is 2.40. The second-order valence-corrected chi connectivity index (χ2v) is 7.76. The topological polar surface area (TPSA) is 61.2 Å². The molecule has 1 unspecified atom stereocenters. The van der Waals surface area contributed by atoms with Crippen LogP contribution in [0.1, 0.15) is 42.7 Å². The van der Waals surface area contributed by atoms with E-state index in [9.17, 15) is 14.9 Å². The van der Waals surface area contributed by atoms with Crippen LogP contribution in [0.25, 0.3) is 0 Å². The Bertz CT molecular complexity index is 1070. The summed E-state index contributed by atoms with van der Waals surface area (Å²) in [5.74, 6) is -0.512. The third-order valence-corrected chi connectivity index (χ3v) is 5.84. The summed E-state index contributed by atoms with van der Waals surface area (Å²) in [6, 6.07) is 14.2. The minimum Gasteiger partial charge on any atom is -0.294 e. The third-order valence-electron chi connectivity index (χ3n) is 5.28. The molecule has 1 atom stereocenters. The lowest BCUT2D eigenvalue weighted by atomic mass is 9.77. The number of allylic oxidation sites excluding steroid dienone is 2. The minimum atomic E-state index is -0.398. The van der Waals surface area contributed by atoms with Crippen LogP contribution in [0.3, 0.4) is 0 Å². The largest absolute Gasteiger partial charge is 0.294 e. The lowest BCUT2D eigenvalue weighted by Crippen LogP contribution is -2.41. The van der Waals surface area contributed by atoms with E-state index in [1.165, 1.54) is 0 Å². The molecule has 4 nitrogen and oxygen atoms in total. The summed E-state index contributed by atoms with van der Waals surface area (Å²) < 4.78 is 0. The Kier molecular flexibility index (Phi) is 4.97. The highest BCUT2D eigenvalue weighted by atomic mass is 35.5. The molecule has 0 bridgehead atoms. The maximum atomic E-state index is 13.2. The standard InChI is InChI=1S/C22H16Cl2N2O2/c23-14-8-9-15(17(24)10-14)16-11-21(28)26(18-5-2-1-4-13(18)12-25)19-6-3-7-20(27)22(16)19/h1-2,4-5,8-10,16H,3,6-7,11H2. The molecule has 2 aliphatic rings. The monoisotopic (exact) mass is 410 g/mol. The van der Waals surface area contributed by atoms with Crippen molar-refractivity contribution in [1.82, 2.24) is 0 Å². The first-order valence-electron chi connectivity index (χ1n) is 9.04. The van der Waals surface area contributed by atoms with Crippen molar-refractivity contribution in [3.63, 3.8) is 0 Å². The molecule has 1 amide bonds. The first kappa shape index (κ1) is 18.7. The van der Waals surface area contributed by atoms with Gasteiger partial charge in [-0.1, -0.05) is 41.4 Å². The van der Waals surface area contributed by atoms with Crippen LogP contribution in [0.5, 0.6) is 0 Å². The Morgan fingerprint density at radius 3 is 2.61 bits per heavy atom. The highest BCUT2D eigenvalue weighted by molar-refractivity contribution is 6.35. The van der Waals surface area contributed by atoms with E-state index in [0.29, 0.717) is 51.8 Å². The first-order chi connectivity index (χ1) is 13.5. The van der Waals surface area contributed by atoms with Gasteiger partial charge in [0.05, 0.1) is 11.3 Å². The van der Waals surface area contributed by atoms with Crippen molar-refractivity contribution in [3.05, 3.63) is 74.9 Å². The van der Waals surface area contributed by atoms with Crippen LogP contribution >= 0.6 is 23.2 Å². The van der Waals surface area contributed by atoms with Gasteiger partial charge in [-0.25, -0.2) is 0 Å². The van der Waals surface area contributed by atoms with Crippen molar-refractivity contribution in [1.29, 1.82) is 5.26 Å². The number of ketones is 1. The molecule has 1 heterocycles. The smallest absolute Gasteiger partial charge is 0.232 e. The Labute approximate surface area is 173 Å². The zero-order valence-electron chi connectivity index (χ0n) is 14.9. The molecule has 0 saturated heterocycles. The maximum Gasteiger partial charge on any atom is 0.232 e. The highest BCUT2D eigenvalue weighted by Crippen LogP contribution is 2.45. The SMILES string of the molecule is N#Cc1ccccc1N1C(=O)CC(c2ccc(Cl)cc2Cl)C2=C1CCCC2=O. The quantitative estimate of drug-likeness (QED) is 0.666. The van der Waals surface area contributed by atoms with Gasteiger partial charge in [0, 0.05) is 40.1 Å². The number of amides is 1. The number of anilines is 1. The van der Waals surface area contributed by atoms with E-state index in [-0.39, 0.29) is 18.1 Å². The summed E-state index contributed by atoms with van der Waals surface area (Å²) in [6.07, 6.45) is 1.85. The van der Waals surface area contributed by atoms with Gasteiger partial charge in [0.15, 0.2) is 5.78 Å². The van der Waals surface area contributed by atoms with Gasteiger partial charge >= 0.3 is 0 Å². The van der Waals surface area contributed by atoms with Crippen molar-refractivity contribution < 1.29 is 9.59 Å². The number of nitriles is 1. The van der Waals surface area contributed by atoms with Gasteiger partial charge in [-0.3, -0.25) is 14.5 Å². The molecular weight excluding hydrogens is 395 g/mol. The van der Waals surface area contributed by atoms with Gasteiger partial charge in [0.2, 0.25) is 5.91 Å². The van der Waals surface area contributed by atoms with Crippen molar-refractivity contribution in [2.75, 3.05) is 4.90 Å². The van der Waals surface area contributed by atoms with Crippen LogP contribution in [-0.4, -0.2) is 11.7 Å². The number of benzene rings is 2. The van der Waals surface area contributed by atoms with Crippen molar-refractivity contribution in [3.8, 4) is 6.07 Å². The average molecular weight is 411 g/mol. The molecule has 6 heteroatoms. The molecule has 28 heavy (non-hydrogen) atoms. The Balaban J connectivity index is 1.91. The Hall–Kier alpha value is -2.61. The van der Waals surface area contributed by atoms with Crippen LogP contribution in [0, 0.1) is 11.3 Å². The number of Topliss-reactive ketones (excluding diaryl/α,β-unsaturated/α-hetero) is 1. The number of hydrogen-bond acceptors (Lipinski definition) is 3. The molecular formula is C22H16Cl2N2O2. The van der Waals surface area contributed by atoms with Gasteiger partial charge in [0.25, 0.3) is 0 Å². The van der Waals surface area contributed by atoms with Crippen molar-refractivity contribution in [2.24, 2.45) is 0 Å². The molecule has 0 N–H and O–H groups in total. The summed E-state index contributed by atoms with van der Waals surface area (Å²) in [5, 5.41) is 10.4. The molecule has 140 valence electrons. The van der Waals surface area contributed by atoms with Crippen LogP contribution in [0.15, 0.2) is 53.7 Å². The predicted molar refractivity (Wildman–Crippen MR) is 108 cm³/mol. The number of carbonyl (C=O) groups excluding carboxylic acids is 2. The van der Waals surface area contributed by atoms with Gasteiger partial charge in [-0.05, 0) is 42.7 Å². The molecule has 0 fully saturated rings. The number of halogens is 2. The van der Waals surface area contributed by atoms with E-state index in [4.69, 9.17) is 23.2 Å². The molecule has 4 rings (SSSR count). The fraction of sp³-hybridized carbons (Fsp3) is 0.227. The summed E-state index contributed by atoms with van der Waals surface area (Å²) in [4.78, 5) is 27.6. The number of hydrogen-bond donors (Lipinski definition) is 0. The summed E-state index contributed by atoms with van der Waals surface area (Å²) >= 11 is 12.4. The van der Waals surface area contributed by atoms with Crippen molar-refractivity contribution >= 4 is 40.6 Å². The van der Waals surface area contributed by atoms with E-state index in [1.807, 2.05) is 0 Å². The lowest BCUT2D eigenvalue weighted by Gasteiger charge is -2.38. The summed E-state index contributed by atoms with van der Waals surface area (Å²) in [6.45, 7) is 0. The fourth-order valence-electron chi connectivity index (χ4n) is 4.09. The van der Waals surface area contributed by atoms with Crippen LogP contribution in [-0.2, 0) is 9.59 Å². The average Bonchev–Trinajstić information content (AvgIpc) is 2.68. The molecule has 0 radical (unpaired) electrons. The second kappa shape index (κ2) is 7.43. The molecule has 0 saturated carbocycles.